The van der Waals surface area contributed by atoms with E-state index in [9.17, 15) is 9.59 Å². The number of nitrogens with one attached hydrogen (secondary N) is 3. The highest BCUT2D eigenvalue weighted by molar-refractivity contribution is 5.85. The molecule has 1 aliphatic heterocycles. The summed E-state index contributed by atoms with van der Waals surface area (Å²) in [5.41, 5.74) is 0.944. The van der Waals surface area contributed by atoms with Crippen LogP contribution in [0.15, 0.2) is 24.3 Å². The second-order valence-electron chi connectivity index (χ2n) is 5.26. The maximum absolute atomic E-state index is 11.9. The van der Waals surface area contributed by atoms with E-state index in [-0.39, 0.29) is 36.9 Å². The van der Waals surface area contributed by atoms with Crippen molar-refractivity contribution in [3.05, 3.63) is 29.8 Å². The molecular formula is C16H24ClN3O3. The average Bonchev–Trinajstić information content (AvgIpc) is 3.06. The first-order chi connectivity index (χ1) is 10.7. The zero-order valence-corrected chi connectivity index (χ0v) is 14.1. The zero-order valence-electron chi connectivity index (χ0n) is 13.3. The van der Waals surface area contributed by atoms with Crippen molar-refractivity contribution in [1.29, 1.82) is 0 Å². The topological polar surface area (TPSA) is 79.5 Å². The Morgan fingerprint density at radius 2 is 2.17 bits per heavy atom. The summed E-state index contributed by atoms with van der Waals surface area (Å²) in [4.78, 5) is 23.3. The molecule has 1 unspecified atom stereocenters. The third-order valence-corrected chi connectivity index (χ3v) is 3.49. The molecule has 0 aliphatic carbocycles. The van der Waals surface area contributed by atoms with E-state index in [0.717, 1.165) is 24.9 Å². The average molecular weight is 342 g/mol. The second kappa shape index (κ2) is 10.1. The van der Waals surface area contributed by atoms with Crippen LogP contribution in [0.1, 0.15) is 25.3 Å². The summed E-state index contributed by atoms with van der Waals surface area (Å²) in [6.07, 6.45) is 1.93. The van der Waals surface area contributed by atoms with Gasteiger partial charge in [0.25, 0.3) is 5.91 Å². The van der Waals surface area contributed by atoms with Gasteiger partial charge < -0.3 is 20.7 Å². The zero-order chi connectivity index (χ0) is 15.8. The molecule has 1 aromatic carbocycles. The molecule has 2 amide bonds. The van der Waals surface area contributed by atoms with Gasteiger partial charge in [0.2, 0.25) is 5.91 Å². The number of amides is 2. The second-order valence-corrected chi connectivity index (χ2v) is 5.26. The predicted octanol–water partition coefficient (Wildman–Crippen LogP) is 0.991. The highest BCUT2D eigenvalue weighted by Crippen LogP contribution is 2.13. The van der Waals surface area contributed by atoms with Crippen molar-refractivity contribution in [3.8, 4) is 5.75 Å². The Kier molecular flexibility index (Phi) is 8.43. The number of hydrogen-bond donors (Lipinski definition) is 3. The maximum atomic E-state index is 11.9. The third-order valence-electron chi connectivity index (χ3n) is 3.49. The van der Waals surface area contributed by atoms with Gasteiger partial charge in [-0.2, -0.15) is 0 Å². The van der Waals surface area contributed by atoms with Gasteiger partial charge in [-0.25, -0.2) is 0 Å². The van der Waals surface area contributed by atoms with Crippen molar-refractivity contribution < 1.29 is 14.3 Å². The first-order valence-corrected chi connectivity index (χ1v) is 7.68. The van der Waals surface area contributed by atoms with Gasteiger partial charge >= 0.3 is 0 Å². The molecule has 23 heavy (non-hydrogen) atoms. The summed E-state index contributed by atoms with van der Waals surface area (Å²) in [5.74, 6) is 0.511. The summed E-state index contributed by atoms with van der Waals surface area (Å²) in [6, 6.07) is 7.33. The van der Waals surface area contributed by atoms with Gasteiger partial charge in [-0.05, 0) is 44.0 Å². The van der Waals surface area contributed by atoms with Crippen LogP contribution < -0.4 is 20.7 Å². The number of carbonyl (C=O) groups excluding carboxylic acids is 2. The van der Waals surface area contributed by atoms with Crippen LogP contribution in [0.3, 0.4) is 0 Å². The van der Waals surface area contributed by atoms with Gasteiger partial charge in [-0.3, -0.25) is 9.59 Å². The van der Waals surface area contributed by atoms with Crippen LogP contribution in [0.2, 0.25) is 0 Å². The molecule has 0 bridgehead atoms. The Bertz CT molecular complexity index is 519. The van der Waals surface area contributed by atoms with Gasteiger partial charge in [0.15, 0.2) is 6.61 Å². The summed E-state index contributed by atoms with van der Waals surface area (Å²) in [6.45, 7) is 3.80. The molecule has 128 valence electrons. The molecular weight excluding hydrogens is 318 g/mol. The lowest BCUT2D eigenvalue weighted by molar-refractivity contribution is -0.123. The van der Waals surface area contributed by atoms with E-state index in [1.165, 1.54) is 0 Å². The molecule has 3 N–H and O–H groups in total. The van der Waals surface area contributed by atoms with Crippen LogP contribution in [0.25, 0.3) is 0 Å². The number of likely N-dealkylation sites (N-methyl/N-ethyl adjacent to an activating group) is 1. The third kappa shape index (κ3) is 6.46. The number of hydrogen-bond acceptors (Lipinski definition) is 4. The highest BCUT2D eigenvalue weighted by Gasteiger charge is 2.21. The molecule has 0 saturated carbocycles. The van der Waals surface area contributed by atoms with Crippen molar-refractivity contribution in [2.45, 2.75) is 32.4 Å². The molecule has 1 saturated heterocycles. The minimum absolute atomic E-state index is 0. The molecule has 1 fully saturated rings. The van der Waals surface area contributed by atoms with Crippen molar-refractivity contribution >= 4 is 24.2 Å². The molecule has 6 nitrogen and oxygen atoms in total. The fourth-order valence-corrected chi connectivity index (χ4v) is 2.36. The fraction of sp³-hybridized carbons (Fsp3) is 0.500. The first-order valence-electron chi connectivity index (χ1n) is 7.68. The smallest absolute Gasteiger partial charge is 0.257 e. The van der Waals surface area contributed by atoms with Crippen molar-refractivity contribution in [2.24, 2.45) is 0 Å². The molecule has 7 heteroatoms. The normalized spacial score (nSPS) is 16.3. The molecule has 0 aromatic heterocycles. The molecule has 1 atom stereocenters. The van der Waals surface area contributed by atoms with E-state index < -0.39 is 0 Å². The number of carbonyl (C=O) groups is 2. The van der Waals surface area contributed by atoms with Crippen molar-refractivity contribution in [3.63, 3.8) is 0 Å². The minimum Gasteiger partial charge on any atom is -0.484 e. The van der Waals surface area contributed by atoms with Gasteiger partial charge in [-0.15, -0.1) is 12.4 Å². The van der Waals surface area contributed by atoms with E-state index in [1.807, 2.05) is 25.1 Å². The predicted molar refractivity (Wildman–Crippen MR) is 90.7 cm³/mol. The largest absolute Gasteiger partial charge is 0.484 e. The highest BCUT2D eigenvalue weighted by atomic mass is 35.5. The number of rotatable bonds is 7. The Morgan fingerprint density at radius 1 is 1.35 bits per heavy atom. The monoisotopic (exact) mass is 341 g/mol. The summed E-state index contributed by atoms with van der Waals surface area (Å²) in [5, 5.41) is 8.76. The molecule has 2 rings (SSSR count). The number of halogens is 1. The summed E-state index contributed by atoms with van der Waals surface area (Å²) in [7, 11) is 0. The van der Waals surface area contributed by atoms with E-state index in [4.69, 9.17) is 4.74 Å². The Morgan fingerprint density at radius 3 is 2.87 bits per heavy atom. The summed E-state index contributed by atoms with van der Waals surface area (Å²) < 4.78 is 5.43. The van der Waals surface area contributed by atoms with Crippen LogP contribution in [-0.2, 0) is 16.1 Å². The van der Waals surface area contributed by atoms with Crippen LogP contribution in [-0.4, -0.2) is 37.6 Å². The Labute approximate surface area is 142 Å². The lowest BCUT2D eigenvalue weighted by Gasteiger charge is -2.12. The number of benzene rings is 1. The lowest BCUT2D eigenvalue weighted by Crippen LogP contribution is -2.39. The van der Waals surface area contributed by atoms with Crippen molar-refractivity contribution in [1.82, 2.24) is 16.0 Å². The minimum atomic E-state index is -0.145. The van der Waals surface area contributed by atoms with Crippen molar-refractivity contribution in [2.75, 3.05) is 19.7 Å². The molecule has 1 heterocycles. The van der Waals surface area contributed by atoms with E-state index in [1.54, 1.807) is 6.07 Å². The summed E-state index contributed by atoms with van der Waals surface area (Å²) >= 11 is 0. The van der Waals surface area contributed by atoms with E-state index in [0.29, 0.717) is 18.8 Å². The van der Waals surface area contributed by atoms with Gasteiger partial charge in [0, 0.05) is 13.1 Å². The first kappa shape index (κ1) is 19.3. The Balaban J connectivity index is 0.00000264. The lowest BCUT2D eigenvalue weighted by atomic mass is 10.2. The SMILES string of the molecule is CCNC(=O)COc1cccc(CNC(=O)C2CCCN2)c1.Cl. The molecule has 0 spiro atoms. The quantitative estimate of drug-likeness (QED) is 0.691. The standard InChI is InChI=1S/C16H23N3O3.ClH/c1-2-17-15(20)11-22-13-6-3-5-12(9-13)10-19-16(21)14-7-4-8-18-14;/h3,5-6,9,14,18H,2,4,7-8,10-11H2,1H3,(H,17,20)(H,19,21);1H. The van der Waals surface area contributed by atoms with Crippen LogP contribution in [0.5, 0.6) is 5.75 Å². The van der Waals surface area contributed by atoms with Gasteiger partial charge in [0.1, 0.15) is 5.75 Å². The van der Waals surface area contributed by atoms with Crippen LogP contribution in [0, 0.1) is 0 Å². The van der Waals surface area contributed by atoms with E-state index >= 15 is 0 Å². The van der Waals surface area contributed by atoms with E-state index in [2.05, 4.69) is 16.0 Å². The van der Waals surface area contributed by atoms with Crippen LogP contribution in [0.4, 0.5) is 0 Å². The molecule has 1 aromatic rings. The number of ether oxygens (including phenoxy) is 1. The molecule has 1 aliphatic rings. The fourth-order valence-electron chi connectivity index (χ4n) is 2.36. The van der Waals surface area contributed by atoms with Crippen LogP contribution >= 0.6 is 12.4 Å². The Hall–Kier alpha value is -1.79. The van der Waals surface area contributed by atoms with Gasteiger partial charge in [-0.1, -0.05) is 12.1 Å². The molecule has 0 radical (unpaired) electrons. The maximum Gasteiger partial charge on any atom is 0.257 e. The van der Waals surface area contributed by atoms with Gasteiger partial charge in [0.05, 0.1) is 6.04 Å².